The molecule has 5 rings (SSSR count). The third-order valence-corrected chi connectivity index (χ3v) is 6.79. The second-order valence-corrected chi connectivity index (χ2v) is 9.28. The minimum Gasteiger partial charge on any atom is -0.490 e. The molecule has 0 N–H and O–H groups in total. The van der Waals surface area contributed by atoms with Gasteiger partial charge in [-0.25, -0.2) is 4.98 Å². The molecule has 0 radical (unpaired) electrons. The minimum absolute atomic E-state index is 0.0287. The van der Waals surface area contributed by atoms with Crippen molar-refractivity contribution >= 4 is 55.2 Å². The van der Waals surface area contributed by atoms with E-state index in [1.165, 1.54) is 11.3 Å². The maximum Gasteiger partial charge on any atom is 0.295 e. The molecule has 32 heavy (non-hydrogen) atoms. The fraction of sp³-hybridized carbons (Fsp3) is 0.333. The summed E-state index contributed by atoms with van der Waals surface area (Å²) in [6.07, 6.45) is 1.87. The van der Waals surface area contributed by atoms with Crippen molar-refractivity contribution < 1.29 is 18.7 Å². The largest absolute Gasteiger partial charge is 0.490 e. The van der Waals surface area contributed by atoms with E-state index >= 15 is 0 Å². The Morgan fingerprint density at radius 2 is 2.22 bits per heavy atom. The van der Waals surface area contributed by atoms with Gasteiger partial charge in [0.2, 0.25) is 0 Å². The molecule has 1 atom stereocenters. The molecule has 1 aliphatic heterocycles. The molecule has 1 saturated heterocycles. The van der Waals surface area contributed by atoms with Gasteiger partial charge in [-0.15, -0.1) is 0 Å². The van der Waals surface area contributed by atoms with Crippen molar-refractivity contribution in [2.24, 2.45) is 0 Å². The van der Waals surface area contributed by atoms with Gasteiger partial charge in [-0.1, -0.05) is 35.1 Å². The van der Waals surface area contributed by atoms with Crippen molar-refractivity contribution in [2.75, 3.05) is 24.7 Å². The zero-order chi connectivity index (χ0) is 22.2. The Kier molecular flexibility index (Phi) is 5.80. The van der Waals surface area contributed by atoms with E-state index in [0.717, 1.165) is 34.0 Å². The molecule has 4 aromatic rings. The molecule has 1 unspecified atom stereocenters. The van der Waals surface area contributed by atoms with Gasteiger partial charge in [-0.2, -0.15) is 0 Å². The van der Waals surface area contributed by atoms with Crippen LogP contribution in [0.25, 0.3) is 21.2 Å². The monoisotopic (exact) mass is 470 g/mol. The van der Waals surface area contributed by atoms with Crippen molar-refractivity contribution in [3.63, 3.8) is 0 Å². The van der Waals surface area contributed by atoms with Gasteiger partial charge in [0.1, 0.15) is 0 Å². The third-order valence-electron chi connectivity index (χ3n) is 5.54. The Balaban J connectivity index is 1.56. The fourth-order valence-corrected chi connectivity index (χ4v) is 5.47. The van der Waals surface area contributed by atoms with Crippen molar-refractivity contribution in [1.29, 1.82) is 0 Å². The first-order valence-corrected chi connectivity index (χ1v) is 11.9. The molecule has 1 aliphatic rings. The van der Waals surface area contributed by atoms with Gasteiger partial charge in [0.15, 0.2) is 22.2 Å². The van der Waals surface area contributed by atoms with Gasteiger partial charge in [0.25, 0.3) is 5.91 Å². The summed E-state index contributed by atoms with van der Waals surface area (Å²) in [5.41, 5.74) is 2.40. The third kappa shape index (κ3) is 3.96. The number of para-hydroxylation sites is 1. The van der Waals surface area contributed by atoms with Gasteiger partial charge in [-0.05, 0) is 56.5 Å². The van der Waals surface area contributed by atoms with Crippen LogP contribution < -0.4 is 9.64 Å². The number of anilines is 1. The summed E-state index contributed by atoms with van der Waals surface area (Å²) in [7, 11) is 0. The van der Waals surface area contributed by atoms with E-state index in [1.807, 2.05) is 44.2 Å². The highest BCUT2D eigenvalue weighted by Gasteiger charge is 2.29. The van der Waals surface area contributed by atoms with Crippen LogP contribution in [-0.2, 0) is 4.74 Å². The Hall–Kier alpha value is -2.61. The number of halogens is 1. The summed E-state index contributed by atoms with van der Waals surface area (Å²) in [4.78, 5) is 20.1. The predicted octanol–water partition coefficient (Wildman–Crippen LogP) is 6.23. The average molecular weight is 471 g/mol. The number of ether oxygens (including phenoxy) is 2. The standard InChI is InChI=1S/C24H23ClN2O4S/c1-3-29-18-8-4-6-15-11-19(31-22(15)18)23(28)27(13-17-7-5-9-30-17)24-26-21-14(2)10-16(25)12-20(21)32-24/h4,6,8,10-12,17H,3,5,7,9,13H2,1-2H3. The molecule has 2 aromatic carbocycles. The van der Waals surface area contributed by atoms with Crippen LogP contribution in [0.5, 0.6) is 5.75 Å². The number of hydrogen-bond donors (Lipinski definition) is 0. The number of hydrogen-bond acceptors (Lipinski definition) is 6. The zero-order valence-corrected chi connectivity index (χ0v) is 19.5. The van der Waals surface area contributed by atoms with Crippen molar-refractivity contribution in [3.05, 3.63) is 52.7 Å². The Morgan fingerprint density at radius 1 is 1.34 bits per heavy atom. The van der Waals surface area contributed by atoms with Crippen molar-refractivity contribution in [2.45, 2.75) is 32.8 Å². The van der Waals surface area contributed by atoms with Crippen LogP contribution in [0, 0.1) is 6.92 Å². The van der Waals surface area contributed by atoms with Gasteiger partial charge >= 0.3 is 0 Å². The fourth-order valence-electron chi connectivity index (χ4n) is 4.04. The van der Waals surface area contributed by atoms with Crippen LogP contribution in [0.15, 0.2) is 40.8 Å². The second kappa shape index (κ2) is 8.73. The quantitative estimate of drug-likeness (QED) is 0.334. The topological polar surface area (TPSA) is 64.8 Å². The number of benzene rings is 2. The van der Waals surface area contributed by atoms with Crippen LogP contribution in [0.2, 0.25) is 5.02 Å². The lowest BCUT2D eigenvalue weighted by Gasteiger charge is -2.22. The molecule has 2 aromatic heterocycles. The maximum absolute atomic E-state index is 13.7. The first-order valence-electron chi connectivity index (χ1n) is 10.7. The highest BCUT2D eigenvalue weighted by Crippen LogP contribution is 2.35. The smallest absolute Gasteiger partial charge is 0.295 e. The summed E-state index contributed by atoms with van der Waals surface area (Å²) in [5, 5.41) is 2.09. The van der Waals surface area contributed by atoms with Crippen molar-refractivity contribution in [1.82, 2.24) is 4.98 Å². The lowest BCUT2D eigenvalue weighted by Crippen LogP contribution is -2.37. The molecule has 0 bridgehead atoms. The first-order chi connectivity index (χ1) is 15.5. The number of thiazole rings is 1. The van der Waals surface area contributed by atoms with E-state index in [9.17, 15) is 4.79 Å². The van der Waals surface area contributed by atoms with Gasteiger partial charge < -0.3 is 13.9 Å². The average Bonchev–Trinajstić information content (AvgIpc) is 3.51. The molecule has 6 nitrogen and oxygen atoms in total. The molecule has 0 spiro atoms. The summed E-state index contributed by atoms with van der Waals surface area (Å²) in [6, 6.07) is 11.2. The van der Waals surface area contributed by atoms with E-state index < -0.39 is 0 Å². The van der Waals surface area contributed by atoms with E-state index in [-0.39, 0.29) is 17.8 Å². The normalized spacial score (nSPS) is 16.2. The molecule has 0 aliphatic carbocycles. The van der Waals surface area contributed by atoms with Crippen LogP contribution in [0.3, 0.4) is 0 Å². The highest BCUT2D eigenvalue weighted by atomic mass is 35.5. The van der Waals surface area contributed by atoms with Crippen LogP contribution in [0.1, 0.15) is 35.9 Å². The van der Waals surface area contributed by atoms with Crippen LogP contribution in [0.4, 0.5) is 5.13 Å². The molecule has 166 valence electrons. The SMILES string of the molecule is CCOc1cccc2cc(C(=O)N(CC3CCCO3)c3nc4c(C)cc(Cl)cc4s3)oc12. The van der Waals surface area contributed by atoms with E-state index in [0.29, 0.717) is 41.2 Å². The number of rotatable bonds is 6. The van der Waals surface area contributed by atoms with E-state index in [2.05, 4.69) is 0 Å². The minimum atomic E-state index is -0.248. The van der Waals surface area contributed by atoms with Gasteiger partial charge in [0, 0.05) is 17.0 Å². The molecular formula is C24H23ClN2O4S. The van der Waals surface area contributed by atoms with Gasteiger partial charge in [-0.3, -0.25) is 9.69 Å². The lowest BCUT2D eigenvalue weighted by molar-refractivity contribution is 0.0896. The summed E-state index contributed by atoms with van der Waals surface area (Å²) in [5.74, 6) is 0.626. The van der Waals surface area contributed by atoms with Gasteiger partial charge in [0.05, 0.1) is 29.5 Å². The number of carbonyl (C=O) groups is 1. The lowest BCUT2D eigenvalue weighted by atomic mass is 10.2. The number of aryl methyl sites for hydroxylation is 1. The molecule has 0 saturated carbocycles. The number of amides is 1. The summed E-state index contributed by atoms with van der Waals surface area (Å²) >= 11 is 7.69. The Morgan fingerprint density at radius 3 is 3.00 bits per heavy atom. The number of furan rings is 1. The van der Waals surface area contributed by atoms with E-state index in [4.69, 9.17) is 30.5 Å². The first kappa shape index (κ1) is 21.2. The molecular weight excluding hydrogens is 448 g/mol. The Labute approximate surface area is 194 Å². The molecule has 3 heterocycles. The second-order valence-electron chi connectivity index (χ2n) is 7.83. The summed E-state index contributed by atoms with van der Waals surface area (Å²) in [6.45, 7) is 5.53. The number of aromatic nitrogens is 1. The van der Waals surface area contributed by atoms with Crippen LogP contribution in [-0.4, -0.2) is 36.8 Å². The number of carbonyl (C=O) groups excluding carboxylic acids is 1. The highest BCUT2D eigenvalue weighted by molar-refractivity contribution is 7.22. The number of nitrogens with zero attached hydrogens (tertiary/aromatic N) is 2. The maximum atomic E-state index is 13.7. The number of fused-ring (bicyclic) bond motifs is 2. The van der Waals surface area contributed by atoms with Crippen molar-refractivity contribution in [3.8, 4) is 5.75 Å². The summed E-state index contributed by atoms with van der Waals surface area (Å²) < 4.78 is 18.4. The predicted molar refractivity (Wildman–Crippen MR) is 127 cm³/mol. The molecule has 8 heteroatoms. The zero-order valence-electron chi connectivity index (χ0n) is 17.9. The Bertz CT molecular complexity index is 1290. The molecule has 1 amide bonds. The molecule has 1 fully saturated rings. The van der Waals surface area contributed by atoms with E-state index in [1.54, 1.807) is 11.0 Å². The van der Waals surface area contributed by atoms with Crippen LogP contribution >= 0.6 is 22.9 Å².